The average Bonchev–Trinajstić information content (AvgIpc) is 2.82. The van der Waals surface area contributed by atoms with Crippen LogP contribution in [0, 0.1) is 20.8 Å². The van der Waals surface area contributed by atoms with E-state index in [0.29, 0.717) is 12.1 Å². The van der Waals surface area contributed by atoms with Crippen molar-refractivity contribution in [3.8, 4) is 0 Å². The fraction of sp³-hybridized carbons (Fsp3) is 0.321. The summed E-state index contributed by atoms with van der Waals surface area (Å²) < 4.78 is 4.87. The lowest BCUT2D eigenvalue weighted by Gasteiger charge is -2.19. The van der Waals surface area contributed by atoms with Gasteiger partial charge in [0.25, 0.3) is 5.91 Å². The first-order valence-electron chi connectivity index (χ1n) is 11.8. The van der Waals surface area contributed by atoms with Crippen LogP contribution in [0.15, 0.2) is 48.5 Å². The molecule has 0 heterocycles. The summed E-state index contributed by atoms with van der Waals surface area (Å²) in [5.41, 5.74) is 4.35. The van der Waals surface area contributed by atoms with E-state index in [1.807, 2.05) is 64.1 Å². The van der Waals surface area contributed by atoms with E-state index in [9.17, 15) is 14.4 Å². The number of esters is 1. The van der Waals surface area contributed by atoms with Gasteiger partial charge in [-0.2, -0.15) is 0 Å². The summed E-state index contributed by atoms with van der Waals surface area (Å²) in [4.78, 5) is 38.5. The van der Waals surface area contributed by atoms with Crippen LogP contribution >= 0.6 is 0 Å². The lowest BCUT2D eigenvalue weighted by atomic mass is 10.0. The summed E-state index contributed by atoms with van der Waals surface area (Å²) in [7, 11) is 1.30. The maximum Gasteiger partial charge on any atom is 0.328 e. The van der Waals surface area contributed by atoms with Crippen LogP contribution in [0.5, 0.6) is 0 Å². The van der Waals surface area contributed by atoms with Crippen molar-refractivity contribution in [2.24, 2.45) is 0 Å². The van der Waals surface area contributed by atoms with Crippen molar-refractivity contribution in [3.05, 3.63) is 70.8 Å². The minimum Gasteiger partial charge on any atom is -0.467 e. The molecule has 0 unspecified atom stereocenters. The first-order valence-corrected chi connectivity index (χ1v) is 11.8. The maximum atomic E-state index is 13.3. The van der Waals surface area contributed by atoms with Crippen molar-refractivity contribution in [1.82, 2.24) is 5.32 Å². The summed E-state index contributed by atoms with van der Waals surface area (Å²) in [5, 5.41) is 10.2. The molecule has 0 radical (unpaired) electrons. The monoisotopic (exact) mass is 475 g/mol. The lowest BCUT2D eigenvalue weighted by molar-refractivity contribution is -0.143. The minimum atomic E-state index is -0.765. The number of anilines is 2. The largest absolute Gasteiger partial charge is 0.467 e. The van der Waals surface area contributed by atoms with E-state index < -0.39 is 23.9 Å². The number of benzene rings is 3. The van der Waals surface area contributed by atoms with Gasteiger partial charge in [-0.05, 0) is 61.2 Å². The van der Waals surface area contributed by atoms with Crippen molar-refractivity contribution in [3.63, 3.8) is 0 Å². The SMILES string of the molecule is CCCC[C@@H](NC(=O)c1cc2ccccc2cc1NC(=O)Nc1c(C)cc(C)cc1C)C(=O)OC. The second-order valence-electron chi connectivity index (χ2n) is 8.79. The molecular formula is C28H33N3O4. The third-order valence-corrected chi connectivity index (χ3v) is 5.93. The van der Waals surface area contributed by atoms with Gasteiger partial charge in [-0.1, -0.05) is 61.7 Å². The molecule has 0 saturated heterocycles. The molecule has 0 aromatic heterocycles. The predicted octanol–water partition coefficient (Wildman–Crippen LogP) is 5.87. The number of methoxy groups -OCH3 is 1. The molecular weight excluding hydrogens is 442 g/mol. The Labute approximate surface area is 206 Å². The number of urea groups is 1. The van der Waals surface area contributed by atoms with Crippen LogP contribution in [0.1, 0.15) is 53.2 Å². The predicted molar refractivity (Wildman–Crippen MR) is 140 cm³/mol. The molecule has 7 nitrogen and oxygen atoms in total. The molecule has 3 N–H and O–H groups in total. The lowest BCUT2D eigenvalue weighted by Crippen LogP contribution is -2.41. The normalized spacial score (nSPS) is 11.6. The zero-order valence-corrected chi connectivity index (χ0v) is 21.0. The molecule has 0 aliphatic rings. The van der Waals surface area contributed by atoms with E-state index >= 15 is 0 Å². The summed E-state index contributed by atoms with van der Waals surface area (Å²) >= 11 is 0. The molecule has 0 fully saturated rings. The highest BCUT2D eigenvalue weighted by Gasteiger charge is 2.24. The van der Waals surface area contributed by atoms with Crippen molar-refractivity contribution < 1.29 is 19.1 Å². The zero-order chi connectivity index (χ0) is 25.5. The van der Waals surface area contributed by atoms with Gasteiger partial charge in [-0.25, -0.2) is 9.59 Å². The van der Waals surface area contributed by atoms with Gasteiger partial charge in [0.15, 0.2) is 0 Å². The van der Waals surface area contributed by atoms with Crippen LogP contribution in [0.4, 0.5) is 16.2 Å². The smallest absolute Gasteiger partial charge is 0.328 e. The highest BCUT2D eigenvalue weighted by molar-refractivity contribution is 6.10. The van der Waals surface area contributed by atoms with Crippen LogP contribution < -0.4 is 16.0 Å². The van der Waals surface area contributed by atoms with Crippen molar-refractivity contribution >= 4 is 40.1 Å². The fourth-order valence-electron chi connectivity index (χ4n) is 4.21. The molecule has 184 valence electrons. The van der Waals surface area contributed by atoms with Gasteiger partial charge in [0, 0.05) is 5.69 Å². The first kappa shape index (κ1) is 25.7. The number of nitrogens with one attached hydrogen (secondary N) is 3. The van der Waals surface area contributed by atoms with Gasteiger partial charge < -0.3 is 20.7 Å². The summed E-state index contributed by atoms with van der Waals surface area (Å²) in [6, 6.07) is 13.8. The Kier molecular flexibility index (Phi) is 8.47. The van der Waals surface area contributed by atoms with Crippen LogP contribution in [0.2, 0.25) is 0 Å². The molecule has 0 aliphatic heterocycles. The third kappa shape index (κ3) is 6.38. The second kappa shape index (κ2) is 11.5. The molecule has 0 saturated carbocycles. The molecule has 0 spiro atoms. The zero-order valence-electron chi connectivity index (χ0n) is 21.0. The van der Waals surface area contributed by atoms with Crippen LogP contribution in [-0.2, 0) is 9.53 Å². The fourth-order valence-corrected chi connectivity index (χ4v) is 4.21. The number of hydrogen-bond acceptors (Lipinski definition) is 4. The van der Waals surface area contributed by atoms with Gasteiger partial charge in [0.05, 0.1) is 18.4 Å². The number of fused-ring (bicyclic) bond motifs is 1. The summed E-state index contributed by atoms with van der Waals surface area (Å²) in [6.07, 6.45) is 2.11. The summed E-state index contributed by atoms with van der Waals surface area (Å²) in [6.45, 7) is 7.89. The highest BCUT2D eigenvalue weighted by Crippen LogP contribution is 2.26. The second-order valence-corrected chi connectivity index (χ2v) is 8.79. The Morgan fingerprint density at radius 2 is 1.54 bits per heavy atom. The number of hydrogen-bond donors (Lipinski definition) is 3. The molecule has 0 aliphatic carbocycles. The maximum absolute atomic E-state index is 13.3. The molecule has 35 heavy (non-hydrogen) atoms. The Morgan fingerprint density at radius 3 is 2.14 bits per heavy atom. The number of ether oxygens (including phenoxy) is 1. The topological polar surface area (TPSA) is 96.5 Å². The van der Waals surface area contributed by atoms with E-state index in [1.54, 1.807) is 12.1 Å². The van der Waals surface area contributed by atoms with E-state index in [2.05, 4.69) is 16.0 Å². The number of carbonyl (C=O) groups excluding carboxylic acids is 3. The standard InChI is InChI=1S/C28H33N3O4/c1-6-7-12-23(27(33)35-5)29-26(32)22-15-20-10-8-9-11-21(20)16-24(22)30-28(34)31-25-18(3)13-17(2)14-19(25)4/h8-11,13-16,23H,6-7,12H2,1-5H3,(H,29,32)(H2,30,31,34)/t23-/m1/s1. The highest BCUT2D eigenvalue weighted by atomic mass is 16.5. The van der Waals surface area contributed by atoms with Gasteiger partial charge in [-0.3, -0.25) is 4.79 Å². The quantitative estimate of drug-likeness (QED) is 0.355. The van der Waals surface area contributed by atoms with Crippen LogP contribution in [0.25, 0.3) is 10.8 Å². The Morgan fingerprint density at radius 1 is 0.914 bits per heavy atom. The van der Waals surface area contributed by atoms with Gasteiger partial charge in [0.2, 0.25) is 0 Å². The van der Waals surface area contributed by atoms with Crippen molar-refractivity contribution in [1.29, 1.82) is 0 Å². The minimum absolute atomic E-state index is 0.265. The molecule has 1 atom stereocenters. The Bertz CT molecular complexity index is 1230. The number of unbranched alkanes of at least 4 members (excludes halogenated alkanes) is 1. The number of carbonyl (C=O) groups is 3. The van der Waals surface area contributed by atoms with E-state index in [4.69, 9.17) is 4.74 Å². The van der Waals surface area contributed by atoms with Crippen LogP contribution in [-0.4, -0.2) is 31.1 Å². The average molecular weight is 476 g/mol. The molecule has 7 heteroatoms. The third-order valence-electron chi connectivity index (χ3n) is 5.93. The summed E-state index contributed by atoms with van der Waals surface area (Å²) in [5.74, 6) is -0.953. The molecule has 3 aromatic rings. The van der Waals surface area contributed by atoms with E-state index in [-0.39, 0.29) is 5.56 Å². The molecule has 3 aromatic carbocycles. The molecule has 3 rings (SSSR count). The number of rotatable bonds is 8. The van der Waals surface area contributed by atoms with Crippen molar-refractivity contribution in [2.75, 3.05) is 17.7 Å². The van der Waals surface area contributed by atoms with Crippen LogP contribution in [0.3, 0.4) is 0 Å². The van der Waals surface area contributed by atoms with Gasteiger partial charge in [-0.15, -0.1) is 0 Å². The molecule has 3 amide bonds. The number of aryl methyl sites for hydroxylation is 3. The van der Waals surface area contributed by atoms with Gasteiger partial charge in [0.1, 0.15) is 6.04 Å². The van der Waals surface area contributed by atoms with Gasteiger partial charge >= 0.3 is 12.0 Å². The Hall–Kier alpha value is -3.87. The Balaban J connectivity index is 1.92. The first-order chi connectivity index (χ1) is 16.7. The van der Waals surface area contributed by atoms with E-state index in [1.165, 1.54) is 7.11 Å². The van der Waals surface area contributed by atoms with Crippen molar-refractivity contribution in [2.45, 2.75) is 53.0 Å². The molecule has 0 bridgehead atoms. The number of amides is 3. The van der Waals surface area contributed by atoms with E-state index in [0.717, 1.165) is 46.0 Å².